The van der Waals surface area contributed by atoms with Gasteiger partial charge in [0.15, 0.2) is 5.60 Å². The molecule has 3 rings (SSSR count). The molecular formula is C27H33NO5S. The molecule has 0 radical (unpaired) electrons. The zero-order valence-electron chi connectivity index (χ0n) is 20.2. The molecule has 0 fully saturated rings. The number of hydrogen-bond donors (Lipinski definition) is 1. The molecule has 34 heavy (non-hydrogen) atoms. The fraction of sp³-hybridized carbons (Fsp3) is 0.370. The van der Waals surface area contributed by atoms with Crippen LogP contribution in [0.4, 0.5) is 0 Å². The number of rotatable bonds is 11. The van der Waals surface area contributed by atoms with E-state index in [1.807, 2.05) is 56.3 Å². The summed E-state index contributed by atoms with van der Waals surface area (Å²) < 4.78 is 34.2. The lowest BCUT2D eigenvalue weighted by Crippen LogP contribution is -2.39. The maximum atomic E-state index is 13.5. The molecular weight excluding hydrogens is 450 g/mol. The Morgan fingerprint density at radius 3 is 2.29 bits per heavy atom. The van der Waals surface area contributed by atoms with Gasteiger partial charge in [0.2, 0.25) is 10.0 Å². The summed E-state index contributed by atoms with van der Waals surface area (Å²) >= 11 is 0. The first-order valence-corrected chi connectivity index (χ1v) is 13.0. The van der Waals surface area contributed by atoms with Crippen molar-refractivity contribution in [1.29, 1.82) is 0 Å². The normalized spacial score (nSPS) is 13.2. The van der Waals surface area contributed by atoms with Gasteiger partial charge in [-0.25, -0.2) is 13.2 Å². The molecule has 0 saturated carbocycles. The number of carboxylic acids is 1. The minimum Gasteiger partial charge on any atom is -0.478 e. The van der Waals surface area contributed by atoms with E-state index in [1.54, 1.807) is 28.6 Å². The maximum Gasteiger partial charge on any atom is 0.347 e. The highest BCUT2D eigenvalue weighted by Crippen LogP contribution is 2.25. The van der Waals surface area contributed by atoms with Crippen molar-refractivity contribution in [3.63, 3.8) is 0 Å². The molecule has 3 aromatic carbocycles. The summed E-state index contributed by atoms with van der Waals surface area (Å²) in [4.78, 5) is 11.6. The number of benzene rings is 3. The summed E-state index contributed by atoms with van der Waals surface area (Å²) in [6.07, 6.45) is 2.08. The Kier molecular flexibility index (Phi) is 8.00. The van der Waals surface area contributed by atoms with E-state index in [1.165, 1.54) is 13.8 Å². The van der Waals surface area contributed by atoms with Gasteiger partial charge in [-0.05, 0) is 80.6 Å². The first kappa shape index (κ1) is 25.7. The quantitative estimate of drug-likeness (QED) is 0.389. The van der Waals surface area contributed by atoms with E-state index in [4.69, 9.17) is 4.74 Å². The third kappa shape index (κ3) is 5.96. The van der Waals surface area contributed by atoms with Crippen LogP contribution in [0.2, 0.25) is 0 Å². The fourth-order valence-electron chi connectivity index (χ4n) is 3.75. The molecule has 1 atom stereocenters. The van der Waals surface area contributed by atoms with Crippen LogP contribution in [-0.2, 0) is 21.2 Å². The molecule has 0 saturated heterocycles. The number of nitrogens with zero attached hydrogens (tertiary/aromatic N) is 1. The Balaban J connectivity index is 1.70. The Morgan fingerprint density at radius 1 is 1.03 bits per heavy atom. The van der Waals surface area contributed by atoms with Crippen LogP contribution < -0.4 is 4.74 Å². The molecule has 1 unspecified atom stereocenters. The summed E-state index contributed by atoms with van der Waals surface area (Å²) in [6, 6.07) is 20.2. The van der Waals surface area contributed by atoms with Gasteiger partial charge in [-0.2, -0.15) is 4.31 Å². The summed E-state index contributed by atoms with van der Waals surface area (Å²) in [5.74, 6) is -0.550. The molecule has 6 nitrogen and oxygen atoms in total. The monoisotopic (exact) mass is 483 g/mol. The van der Waals surface area contributed by atoms with E-state index in [2.05, 4.69) is 0 Å². The van der Waals surface area contributed by atoms with E-state index >= 15 is 0 Å². The first-order valence-electron chi connectivity index (χ1n) is 11.6. The van der Waals surface area contributed by atoms with Crippen LogP contribution in [0.1, 0.15) is 46.1 Å². The lowest BCUT2D eigenvalue weighted by molar-refractivity contribution is -0.152. The molecule has 0 aliphatic heterocycles. The standard InChI is InChI=1S/C27H33NO5S/c1-5-20(2)28(34(31,32)25-17-14-22-10-6-7-11-23(22)19-25)18-8-9-21-12-15-24(16-13-21)33-27(3,4)26(29)30/h6-7,10-17,19-20H,5,8-9,18H2,1-4H3,(H,29,30). The number of carboxylic acid groups (broad SMARTS) is 1. The minimum atomic E-state index is -3.64. The van der Waals surface area contributed by atoms with Gasteiger partial charge >= 0.3 is 5.97 Å². The van der Waals surface area contributed by atoms with Gasteiger partial charge in [0.1, 0.15) is 5.75 Å². The SMILES string of the molecule is CCC(C)N(CCCc1ccc(OC(C)(C)C(=O)O)cc1)S(=O)(=O)c1ccc2ccccc2c1. The van der Waals surface area contributed by atoms with Crippen molar-refractivity contribution in [2.75, 3.05) is 6.54 Å². The van der Waals surface area contributed by atoms with Gasteiger partial charge in [-0.1, -0.05) is 49.4 Å². The van der Waals surface area contributed by atoms with Crippen molar-refractivity contribution in [2.45, 2.75) is 63.5 Å². The van der Waals surface area contributed by atoms with Crippen LogP contribution in [0.5, 0.6) is 5.75 Å². The largest absolute Gasteiger partial charge is 0.478 e. The lowest BCUT2D eigenvalue weighted by atomic mass is 10.1. The average Bonchev–Trinajstić information content (AvgIpc) is 2.81. The summed E-state index contributed by atoms with van der Waals surface area (Å²) in [5, 5.41) is 11.1. The average molecular weight is 484 g/mol. The molecule has 182 valence electrons. The second-order valence-corrected chi connectivity index (χ2v) is 10.9. The van der Waals surface area contributed by atoms with Gasteiger partial charge in [0.05, 0.1) is 4.90 Å². The molecule has 1 N–H and O–H groups in total. The highest BCUT2D eigenvalue weighted by atomic mass is 32.2. The van der Waals surface area contributed by atoms with Gasteiger partial charge in [-0.3, -0.25) is 0 Å². The number of fused-ring (bicyclic) bond motifs is 1. The highest BCUT2D eigenvalue weighted by Gasteiger charge is 2.30. The first-order chi connectivity index (χ1) is 16.0. The Morgan fingerprint density at radius 2 is 1.68 bits per heavy atom. The van der Waals surface area contributed by atoms with Gasteiger partial charge in [-0.15, -0.1) is 0 Å². The van der Waals surface area contributed by atoms with Crippen LogP contribution in [0.25, 0.3) is 10.8 Å². The van der Waals surface area contributed by atoms with Gasteiger partial charge < -0.3 is 9.84 Å². The zero-order chi connectivity index (χ0) is 24.9. The number of carbonyl (C=O) groups is 1. The molecule has 0 heterocycles. The predicted molar refractivity (Wildman–Crippen MR) is 135 cm³/mol. The molecule has 0 aromatic heterocycles. The molecule has 3 aromatic rings. The van der Waals surface area contributed by atoms with Crippen molar-refractivity contribution < 1.29 is 23.1 Å². The summed E-state index contributed by atoms with van der Waals surface area (Å²) in [5.41, 5.74) is -0.275. The molecule has 0 aliphatic carbocycles. The number of ether oxygens (including phenoxy) is 1. The number of hydrogen-bond acceptors (Lipinski definition) is 4. The van der Waals surface area contributed by atoms with Crippen molar-refractivity contribution in [2.24, 2.45) is 0 Å². The van der Waals surface area contributed by atoms with Crippen LogP contribution in [0, 0.1) is 0 Å². The second kappa shape index (κ2) is 10.6. The number of aryl methyl sites for hydroxylation is 1. The second-order valence-electron chi connectivity index (χ2n) is 9.05. The molecule has 0 bridgehead atoms. The van der Waals surface area contributed by atoms with E-state index < -0.39 is 21.6 Å². The van der Waals surface area contributed by atoms with Crippen LogP contribution in [0.15, 0.2) is 71.6 Å². The Bertz CT molecular complexity index is 1240. The predicted octanol–water partition coefficient (Wildman–Crippen LogP) is 5.50. The fourth-order valence-corrected chi connectivity index (χ4v) is 5.52. The molecule has 0 amide bonds. The van der Waals surface area contributed by atoms with E-state index in [-0.39, 0.29) is 6.04 Å². The molecule has 7 heteroatoms. The Labute approximate surface area is 202 Å². The van der Waals surface area contributed by atoms with Crippen molar-refractivity contribution in [1.82, 2.24) is 4.31 Å². The number of aliphatic carboxylic acids is 1. The zero-order valence-corrected chi connectivity index (χ0v) is 21.0. The molecule has 0 aliphatic rings. The third-order valence-corrected chi connectivity index (χ3v) is 8.07. The van der Waals surface area contributed by atoms with Crippen LogP contribution >= 0.6 is 0 Å². The summed E-state index contributed by atoms with van der Waals surface area (Å²) in [6.45, 7) is 7.35. The molecule has 0 spiro atoms. The van der Waals surface area contributed by atoms with Crippen molar-refractivity contribution >= 4 is 26.8 Å². The van der Waals surface area contributed by atoms with Gasteiger partial charge in [0, 0.05) is 12.6 Å². The van der Waals surface area contributed by atoms with E-state index in [9.17, 15) is 18.3 Å². The topological polar surface area (TPSA) is 83.9 Å². The van der Waals surface area contributed by atoms with Crippen LogP contribution in [0.3, 0.4) is 0 Å². The van der Waals surface area contributed by atoms with E-state index in [0.29, 0.717) is 30.0 Å². The third-order valence-electron chi connectivity index (χ3n) is 6.07. The lowest BCUT2D eigenvalue weighted by Gasteiger charge is -2.28. The Hall–Kier alpha value is -2.90. The minimum absolute atomic E-state index is 0.120. The van der Waals surface area contributed by atoms with Crippen molar-refractivity contribution in [3.8, 4) is 5.75 Å². The number of sulfonamides is 1. The smallest absolute Gasteiger partial charge is 0.347 e. The van der Waals surface area contributed by atoms with Crippen molar-refractivity contribution in [3.05, 3.63) is 72.3 Å². The highest BCUT2D eigenvalue weighted by molar-refractivity contribution is 7.89. The summed E-state index contributed by atoms with van der Waals surface area (Å²) in [7, 11) is -3.64. The van der Waals surface area contributed by atoms with Gasteiger partial charge in [0.25, 0.3) is 0 Å². The van der Waals surface area contributed by atoms with Crippen LogP contribution in [-0.4, -0.2) is 42.0 Å². The maximum absolute atomic E-state index is 13.5. The van der Waals surface area contributed by atoms with E-state index in [0.717, 1.165) is 22.8 Å².